The molecule has 1 N–H and O–H groups in total. The Balaban J connectivity index is 3.88. The molecular formula is C19H40N2O. The van der Waals surface area contributed by atoms with Crippen molar-refractivity contribution in [1.29, 1.82) is 0 Å². The van der Waals surface area contributed by atoms with Crippen LogP contribution in [0.1, 0.15) is 90.9 Å². The molecule has 0 aromatic heterocycles. The Hall–Kier alpha value is -0.570. The molecule has 0 aliphatic carbocycles. The summed E-state index contributed by atoms with van der Waals surface area (Å²) in [4.78, 5) is 14.4. The summed E-state index contributed by atoms with van der Waals surface area (Å²) in [6.07, 6.45) is 14.4. The Morgan fingerprint density at radius 3 is 1.95 bits per heavy atom. The molecule has 0 fully saturated rings. The third-order valence-corrected chi connectivity index (χ3v) is 4.23. The smallest absolute Gasteiger partial charge is 0.222 e. The van der Waals surface area contributed by atoms with Crippen LogP contribution in [0.3, 0.4) is 0 Å². The monoisotopic (exact) mass is 312 g/mol. The fourth-order valence-electron chi connectivity index (χ4n) is 2.75. The predicted molar refractivity (Wildman–Crippen MR) is 97.3 cm³/mol. The van der Waals surface area contributed by atoms with Crippen molar-refractivity contribution in [3.63, 3.8) is 0 Å². The van der Waals surface area contributed by atoms with E-state index in [2.05, 4.69) is 24.1 Å². The zero-order chi connectivity index (χ0) is 16.5. The van der Waals surface area contributed by atoms with Crippen molar-refractivity contribution in [3.05, 3.63) is 0 Å². The third kappa shape index (κ3) is 13.1. The van der Waals surface area contributed by atoms with Gasteiger partial charge in [-0.2, -0.15) is 0 Å². The first-order chi connectivity index (χ1) is 10.8. The second-order valence-corrected chi connectivity index (χ2v) is 6.42. The summed E-state index contributed by atoms with van der Waals surface area (Å²) in [6.45, 7) is 7.32. The second kappa shape index (κ2) is 16.8. The molecule has 0 atom stereocenters. The second-order valence-electron chi connectivity index (χ2n) is 6.42. The van der Waals surface area contributed by atoms with E-state index >= 15 is 0 Å². The van der Waals surface area contributed by atoms with Crippen molar-refractivity contribution in [2.75, 3.05) is 26.7 Å². The number of amides is 1. The van der Waals surface area contributed by atoms with Crippen LogP contribution in [0.25, 0.3) is 0 Å². The molecule has 0 rings (SSSR count). The maximum atomic E-state index is 12.3. The van der Waals surface area contributed by atoms with Crippen LogP contribution < -0.4 is 5.32 Å². The maximum absolute atomic E-state index is 12.3. The number of nitrogens with one attached hydrogen (secondary N) is 1. The first-order valence-corrected chi connectivity index (χ1v) is 9.68. The molecule has 132 valence electrons. The molecule has 22 heavy (non-hydrogen) atoms. The van der Waals surface area contributed by atoms with E-state index in [0.29, 0.717) is 5.91 Å². The summed E-state index contributed by atoms with van der Waals surface area (Å²) in [7, 11) is 1.98. The van der Waals surface area contributed by atoms with Gasteiger partial charge in [0.15, 0.2) is 0 Å². The minimum atomic E-state index is 0.371. The van der Waals surface area contributed by atoms with E-state index in [1.807, 2.05) is 7.05 Å². The maximum Gasteiger partial charge on any atom is 0.222 e. The number of carbonyl (C=O) groups is 1. The first kappa shape index (κ1) is 21.4. The van der Waals surface area contributed by atoms with Crippen LogP contribution >= 0.6 is 0 Å². The van der Waals surface area contributed by atoms with Gasteiger partial charge in [-0.05, 0) is 32.9 Å². The van der Waals surface area contributed by atoms with Gasteiger partial charge >= 0.3 is 0 Å². The minimum absolute atomic E-state index is 0.371. The molecule has 0 bridgehead atoms. The Labute approximate surface area is 139 Å². The van der Waals surface area contributed by atoms with Gasteiger partial charge in [0.2, 0.25) is 5.91 Å². The summed E-state index contributed by atoms with van der Waals surface area (Å²) in [5, 5.41) is 3.17. The van der Waals surface area contributed by atoms with Gasteiger partial charge in [0.1, 0.15) is 0 Å². The summed E-state index contributed by atoms with van der Waals surface area (Å²) < 4.78 is 0. The zero-order valence-corrected chi connectivity index (χ0v) is 15.5. The summed E-state index contributed by atoms with van der Waals surface area (Å²) in [5.74, 6) is 0.371. The summed E-state index contributed by atoms with van der Waals surface area (Å²) in [6, 6.07) is 0. The van der Waals surface area contributed by atoms with Gasteiger partial charge in [0.05, 0.1) is 0 Å². The highest BCUT2D eigenvalue weighted by atomic mass is 16.2. The summed E-state index contributed by atoms with van der Waals surface area (Å²) in [5.41, 5.74) is 0. The van der Waals surface area contributed by atoms with Gasteiger partial charge in [-0.3, -0.25) is 4.79 Å². The molecule has 3 nitrogen and oxygen atoms in total. The van der Waals surface area contributed by atoms with Gasteiger partial charge in [-0.15, -0.1) is 0 Å². The van der Waals surface area contributed by atoms with Gasteiger partial charge in [0, 0.05) is 19.5 Å². The Kier molecular flexibility index (Phi) is 16.4. The molecule has 0 spiro atoms. The number of rotatable bonds is 16. The normalized spacial score (nSPS) is 10.9. The molecule has 0 heterocycles. The molecule has 0 aromatic carbocycles. The average molecular weight is 313 g/mol. The van der Waals surface area contributed by atoms with Crippen molar-refractivity contribution in [2.45, 2.75) is 90.9 Å². The average Bonchev–Trinajstić information content (AvgIpc) is 2.52. The molecule has 0 saturated heterocycles. The number of carbonyl (C=O) groups excluding carboxylic acids is 1. The van der Waals surface area contributed by atoms with E-state index in [1.165, 1.54) is 57.8 Å². The van der Waals surface area contributed by atoms with E-state index in [0.717, 1.165) is 38.9 Å². The van der Waals surface area contributed by atoms with Crippen molar-refractivity contribution in [2.24, 2.45) is 0 Å². The largest absolute Gasteiger partial charge is 0.343 e. The van der Waals surface area contributed by atoms with Crippen LogP contribution in [0.15, 0.2) is 0 Å². The Morgan fingerprint density at radius 1 is 0.773 bits per heavy atom. The summed E-state index contributed by atoms with van der Waals surface area (Å²) >= 11 is 0. The van der Waals surface area contributed by atoms with Crippen LogP contribution in [-0.4, -0.2) is 37.5 Å². The molecule has 0 aromatic rings. The van der Waals surface area contributed by atoms with Gasteiger partial charge in [-0.25, -0.2) is 0 Å². The fourth-order valence-corrected chi connectivity index (χ4v) is 2.75. The third-order valence-electron chi connectivity index (χ3n) is 4.23. The van der Waals surface area contributed by atoms with E-state index in [-0.39, 0.29) is 0 Å². The van der Waals surface area contributed by atoms with Gasteiger partial charge < -0.3 is 10.2 Å². The quantitative estimate of drug-likeness (QED) is 0.417. The zero-order valence-electron chi connectivity index (χ0n) is 15.5. The molecule has 0 aliphatic heterocycles. The fraction of sp³-hybridized carbons (Fsp3) is 0.947. The van der Waals surface area contributed by atoms with Gasteiger partial charge in [0.25, 0.3) is 0 Å². The molecule has 3 heteroatoms. The first-order valence-electron chi connectivity index (χ1n) is 9.68. The van der Waals surface area contributed by atoms with Crippen molar-refractivity contribution in [3.8, 4) is 0 Å². The molecule has 0 aliphatic rings. The minimum Gasteiger partial charge on any atom is -0.343 e. The van der Waals surface area contributed by atoms with Crippen molar-refractivity contribution >= 4 is 5.91 Å². The van der Waals surface area contributed by atoms with Crippen LogP contribution in [0.2, 0.25) is 0 Å². The number of hydrogen-bond acceptors (Lipinski definition) is 2. The van der Waals surface area contributed by atoms with Gasteiger partial charge in [-0.1, -0.05) is 65.2 Å². The lowest BCUT2D eigenvalue weighted by Crippen LogP contribution is -2.34. The molecule has 0 unspecified atom stereocenters. The highest BCUT2D eigenvalue weighted by Crippen LogP contribution is 2.09. The highest BCUT2D eigenvalue weighted by molar-refractivity contribution is 5.76. The predicted octanol–water partition coefficient (Wildman–Crippen LogP) is 4.76. The lowest BCUT2D eigenvalue weighted by molar-refractivity contribution is -0.131. The van der Waals surface area contributed by atoms with Crippen LogP contribution in [0.5, 0.6) is 0 Å². The van der Waals surface area contributed by atoms with Crippen LogP contribution in [-0.2, 0) is 4.79 Å². The molecule has 0 radical (unpaired) electrons. The Morgan fingerprint density at radius 2 is 1.32 bits per heavy atom. The lowest BCUT2D eigenvalue weighted by Gasteiger charge is -2.23. The van der Waals surface area contributed by atoms with Crippen LogP contribution in [0, 0.1) is 0 Å². The number of nitrogens with zero attached hydrogens (tertiary/aromatic N) is 1. The van der Waals surface area contributed by atoms with E-state index in [1.54, 1.807) is 0 Å². The lowest BCUT2D eigenvalue weighted by atomic mass is 10.1. The topological polar surface area (TPSA) is 32.3 Å². The standard InChI is InChI=1S/C19H40N2O/c1-4-6-8-9-10-11-13-17-21(18-14-16-20-3)19(22)15-12-7-5-2/h20H,4-18H2,1-3H3. The molecule has 1 amide bonds. The number of unbranched alkanes of at least 4 members (excludes halogenated alkanes) is 8. The Bertz CT molecular complexity index is 244. The van der Waals surface area contributed by atoms with E-state index in [9.17, 15) is 4.79 Å². The van der Waals surface area contributed by atoms with E-state index < -0.39 is 0 Å². The number of hydrogen-bond donors (Lipinski definition) is 1. The molecule has 0 saturated carbocycles. The van der Waals surface area contributed by atoms with E-state index in [4.69, 9.17) is 0 Å². The van der Waals surface area contributed by atoms with Crippen molar-refractivity contribution in [1.82, 2.24) is 10.2 Å². The highest BCUT2D eigenvalue weighted by Gasteiger charge is 2.12. The van der Waals surface area contributed by atoms with Crippen molar-refractivity contribution < 1.29 is 4.79 Å². The molecular weight excluding hydrogens is 272 g/mol. The SMILES string of the molecule is CCCCCCCCCN(CCCNC)C(=O)CCCCC. The van der Waals surface area contributed by atoms with Crippen LogP contribution in [0.4, 0.5) is 0 Å².